The second-order valence-corrected chi connectivity index (χ2v) is 8.85. The largest absolute Gasteiger partial charge is 0.416 e. The summed E-state index contributed by atoms with van der Waals surface area (Å²) < 4.78 is 55.6. The predicted molar refractivity (Wildman–Crippen MR) is 125 cm³/mol. The van der Waals surface area contributed by atoms with E-state index in [0.717, 1.165) is 21.5 Å². The van der Waals surface area contributed by atoms with E-state index in [1.807, 2.05) is 0 Å². The molecule has 0 amide bonds. The Kier molecular flexibility index (Phi) is 7.42. The van der Waals surface area contributed by atoms with Crippen LogP contribution in [-0.2, 0) is 13.1 Å². The van der Waals surface area contributed by atoms with Crippen LogP contribution in [0.25, 0.3) is 17.1 Å². The molecule has 37 heavy (non-hydrogen) atoms. The highest BCUT2D eigenvalue weighted by atomic mass is 35.5. The molecular formula is C22H18Cl2F4N6O3. The number of benzene rings is 2. The molecule has 0 spiro atoms. The lowest BCUT2D eigenvalue weighted by molar-refractivity contribution is -0.207. The van der Waals surface area contributed by atoms with Crippen molar-refractivity contribution in [2.45, 2.75) is 38.4 Å². The average molecular weight is 561 g/mol. The monoisotopic (exact) mass is 560 g/mol. The maximum absolute atomic E-state index is 13.8. The Morgan fingerprint density at radius 1 is 1.05 bits per heavy atom. The number of hydrogen-bond donors (Lipinski definition) is 2. The first-order valence-electron chi connectivity index (χ1n) is 10.6. The molecule has 0 saturated heterocycles. The van der Waals surface area contributed by atoms with Crippen molar-refractivity contribution in [2.75, 3.05) is 0 Å². The van der Waals surface area contributed by atoms with Gasteiger partial charge in [-0.3, -0.25) is 4.57 Å². The first-order chi connectivity index (χ1) is 17.3. The molecule has 2 atom stereocenters. The minimum absolute atomic E-state index is 0.0274. The Labute approximate surface area is 216 Å². The third kappa shape index (κ3) is 5.69. The number of aliphatic hydroxyl groups is 2. The highest BCUT2D eigenvalue weighted by molar-refractivity contribution is 6.32. The van der Waals surface area contributed by atoms with Crippen molar-refractivity contribution in [3.05, 3.63) is 80.5 Å². The molecule has 2 heterocycles. The van der Waals surface area contributed by atoms with E-state index in [2.05, 4.69) is 15.2 Å². The van der Waals surface area contributed by atoms with E-state index in [0.29, 0.717) is 9.59 Å². The molecular weight excluding hydrogens is 543 g/mol. The molecule has 4 aromatic rings. The molecule has 15 heteroatoms. The van der Waals surface area contributed by atoms with E-state index in [-0.39, 0.29) is 33.7 Å². The topological polar surface area (TPSA) is 111 Å². The van der Waals surface area contributed by atoms with Crippen LogP contribution in [0.1, 0.15) is 24.7 Å². The number of alkyl halides is 3. The molecule has 2 aromatic carbocycles. The van der Waals surface area contributed by atoms with Gasteiger partial charge >= 0.3 is 11.9 Å². The molecule has 0 radical (unpaired) electrons. The van der Waals surface area contributed by atoms with Crippen molar-refractivity contribution >= 4 is 23.2 Å². The zero-order valence-electron chi connectivity index (χ0n) is 18.9. The quantitative estimate of drug-likeness (QED) is 0.333. The van der Waals surface area contributed by atoms with Gasteiger partial charge < -0.3 is 10.2 Å². The van der Waals surface area contributed by atoms with Crippen molar-refractivity contribution < 1.29 is 27.8 Å². The average Bonchev–Trinajstić information content (AvgIpc) is 3.38. The van der Waals surface area contributed by atoms with Crippen LogP contribution in [0.4, 0.5) is 17.6 Å². The Morgan fingerprint density at radius 2 is 1.73 bits per heavy atom. The maximum Gasteiger partial charge on any atom is 0.416 e. The summed E-state index contributed by atoms with van der Waals surface area (Å²) in [5, 5.41) is 28.6. The molecule has 4 rings (SSSR count). The van der Waals surface area contributed by atoms with Gasteiger partial charge in [-0.1, -0.05) is 23.2 Å². The van der Waals surface area contributed by atoms with Gasteiger partial charge in [0.2, 0.25) is 0 Å². The van der Waals surface area contributed by atoms with Gasteiger partial charge in [-0.2, -0.15) is 13.2 Å². The van der Waals surface area contributed by atoms with Crippen LogP contribution >= 0.6 is 23.2 Å². The summed E-state index contributed by atoms with van der Waals surface area (Å²) in [6.45, 7) is -0.149. The van der Waals surface area contributed by atoms with E-state index in [9.17, 15) is 32.6 Å². The molecule has 0 fully saturated rings. The number of hydrogen-bond acceptors (Lipinski definition) is 6. The van der Waals surface area contributed by atoms with E-state index < -0.39 is 43.0 Å². The zero-order chi connectivity index (χ0) is 27.1. The number of aliphatic hydroxyl groups excluding tert-OH is 2. The molecule has 0 unspecified atom stereocenters. The Morgan fingerprint density at radius 3 is 2.35 bits per heavy atom. The number of nitrogens with zero attached hydrogens (tertiary/aromatic N) is 6. The van der Waals surface area contributed by atoms with Crippen molar-refractivity contribution in [1.82, 2.24) is 29.1 Å². The molecule has 0 aliphatic rings. The summed E-state index contributed by atoms with van der Waals surface area (Å²) in [7, 11) is 0. The van der Waals surface area contributed by atoms with Crippen molar-refractivity contribution in [3.63, 3.8) is 0 Å². The Bertz CT molecular complexity index is 1480. The fraction of sp³-hybridized carbons (Fsp3) is 0.273. The molecule has 0 aliphatic carbocycles. The van der Waals surface area contributed by atoms with Crippen LogP contribution in [0, 0.1) is 5.82 Å². The summed E-state index contributed by atoms with van der Waals surface area (Å²) >= 11 is 12.0. The molecule has 0 aliphatic heterocycles. The lowest BCUT2D eigenvalue weighted by atomic mass is 10.2. The fourth-order valence-corrected chi connectivity index (χ4v) is 3.79. The second kappa shape index (κ2) is 10.2. The summed E-state index contributed by atoms with van der Waals surface area (Å²) in [6.07, 6.45) is -8.99. The van der Waals surface area contributed by atoms with Crippen LogP contribution in [0.15, 0.2) is 47.3 Å². The molecule has 2 N–H and O–H groups in total. The summed E-state index contributed by atoms with van der Waals surface area (Å²) in [5.41, 5.74) is -0.638. The Hall–Kier alpha value is -3.26. The van der Waals surface area contributed by atoms with Crippen molar-refractivity contribution in [1.29, 1.82) is 0 Å². The van der Waals surface area contributed by atoms with Gasteiger partial charge in [0.15, 0.2) is 23.6 Å². The fourth-order valence-electron chi connectivity index (χ4n) is 3.46. The van der Waals surface area contributed by atoms with E-state index in [1.54, 1.807) is 0 Å². The van der Waals surface area contributed by atoms with Gasteiger partial charge in [0.1, 0.15) is 18.5 Å². The van der Waals surface area contributed by atoms with Crippen LogP contribution < -0.4 is 5.69 Å². The van der Waals surface area contributed by atoms with Crippen LogP contribution in [0.2, 0.25) is 10.0 Å². The van der Waals surface area contributed by atoms with Crippen LogP contribution in [0.5, 0.6) is 0 Å². The SMILES string of the molecule is C[C@@H](O)c1nc(Cn2nc(-c3ccc(Cl)cc3)n(C[C@H](O)C(F)(F)F)c2=O)nn1-c1cc(F)ccc1Cl. The minimum atomic E-state index is -4.98. The highest BCUT2D eigenvalue weighted by Crippen LogP contribution is 2.26. The maximum atomic E-state index is 13.8. The highest BCUT2D eigenvalue weighted by Gasteiger charge is 2.39. The molecule has 0 bridgehead atoms. The van der Waals surface area contributed by atoms with Gasteiger partial charge in [-0.05, 0) is 43.3 Å². The second-order valence-electron chi connectivity index (χ2n) is 8.01. The van der Waals surface area contributed by atoms with E-state index in [4.69, 9.17) is 23.2 Å². The van der Waals surface area contributed by atoms with Gasteiger partial charge in [0, 0.05) is 16.7 Å². The van der Waals surface area contributed by atoms with Gasteiger partial charge in [0.05, 0.1) is 17.3 Å². The third-order valence-corrected chi connectivity index (χ3v) is 5.81. The standard InChI is InChI=1S/C22H18Cl2F4N6O3/c1-11(35)19-29-18(30-34(19)16-8-14(25)6-7-15(16)24)10-33-21(37)32(9-17(36)22(26,27)28)20(31-33)12-2-4-13(23)5-3-12/h2-8,11,17,35-36H,9-10H2,1H3/t11-,17+/m1/s1. The lowest BCUT2D eigenvalue weighted by Crippen LogP contribution is -2.37. The van der Waals surface area contributed by atoms with Gasteiger partial charge in [-0.15, -0.1) is 10.2 Å². The summed E-state index contributed by atoms with van der Waals surface area (Å²) in [5.74, 6) is -0.880. The first kappa shape index (κ1) is 26.8. The normalized spacial score (nSPS) is 13.6. The zero-order valence-corrected chi connectivity index (χ0v) is 20.4. The van der Waals surface area contributed by atoms with Gasteiger partial charge in [-0.25, -0.2) is 23.5 Å². The van der Waals surface area contributed by atoms with Crippen molar-refractivity contribution in [3.8, 4) is 17.1 Å². The van der Waals surface area contributed by atoms with Gasteiger partial charge in [0.25, 0.3) is 0 Å². The molecule has 9 nitrogen and oxygen atoms in total. The van der Waals surface area contributed by atoms with E-state index in [1.165, 1.54) is 37.3 Å². The predicted octanol–water partition coefficient (Wildman–Crippen LogP) is 3.76. The first-order valence-corrected chi connectivity index (χ1v) is 11.4. The minimum Gasteiger partial charge on any atom is -0.385 e. The molecule has 0 saturated carbocycles. The summed E-state index contributed by atoms with van der Waals surface area (Å²) in [6, 6.07) is 9.33. The number of halogens is 6. The Balaban J connectivity index is 1.79. The third-order valence-electron chi connectivity index (χ3n) is 5.24. The van der Waals surface area contributed by atoms with E-state index >= 15 is 0 Å². The van der Waals surface area contributed by atoms with Crippen LogP contribution in [0.3, 0.4) is 0 Å². The lowest BCUT2D eigenvalue weighted by Gasteiger charge is -2.15. The van der Waals surface area contributed by atoms with Crippen molar-refractivity contribution in [2.24, 2.45) is 0 Å². The number of aromatic nitrogens is 6. The molecule has 196 valence electrons. The summed E-state index contributed by atoms with van der Waals surface area (Å²) in [4.78, 5) is 17.2. The number of rotatable bonds is 7. The van der Waals surface area contributed by atoms with Crippen LogP contribution in [-0.4, -0.2) is 51.6 Å². The molecule has 2 aromatic heterocycles. The smallest absolute Gasteiger partial charge is 0.385 e.